The lowest BCUT2D eigenvalue weighted by Crippen LogP contribution is -2.41. The summed E-state index contributed by atoms with van der Waals surface area (Å²) in [6.07, 6.45) is 7.37. The van der Waals surface area contributed by atoms with Crippen LogP contribution in [0.1, 0.15) is 39.5 Å². The highest BCUT2D eigenvalue weighted by atomic mass is 32.2. The van der Waals surface area contributed by atoms with E-state index in [0.717, 1.165) is 43.6 Å². The minimum Gasteiger partial charge on any atom is -0.385 e. The second-order valence-electron chi connectivity index (χ2n) is 7.60. The third kappa shape index (κ3) is 5.32. The molecule has 0 saturated heterocycles. The number of aromatic nitrogens is 1. The van der Waals surface area contributed by atoms with Gasteiger partial charge in [-0.3, -0.25) is 0 Å². The highest BCUT2D eigenvalue weighted by molar-refractivity contribution is 7.90. The van der Waals surface area contributed by atoms with E-state index in [0.29, 0.717) is 5.92 Å². The van der Waals surface area contributed by atoms with E-state index in [1.54, 1.807) is 13.8 Å². The second-order valence-corrected chi connectivity index (χ2v) is 9.87. The monoisotopic (exact) mass is 393 g/mol. The smallest absolute Gasteiger partial charge is 0.214 e. The van der Waals surface area contributed by atoms with Gasteiger partial charge in [-0.25, -0.2) is 17.5 Å². The Kier molecular flexibility index (Phi) is 6.22. The summed E-state index contributed by atoms with van der Waals surface area (Å²) in [7, 11) is -3.21. The summed E-state index contributed by atoms with van der Waals surface area (Å²) in [5.74, 6) is 0.193. The molecule has 0 amide bonds. The molecule has 7 heteroatoms. The van der Waals surface area contributed by atoms with Crippen LogP contribution in [0.5, 0.6) is 0 Å². The third-order valence-electron chi connectivity index (χ3n) is 5.18. The Morgan fingerprint density at radius 2 is 1.78 bits per heavy atom. The van der Waals surface area contributed by atoms with Crippen molar-refractivity contribution in [1.82, 2.24) is 9.29 Å². The zero-order valence-corrected chi connectivity index (χ0v) is 16.7. The number of hydrogen-bond donors (Lipinski definition) is 2. The number of hydrogen-bond acceptors (Lipinski definition) is 3. The van der Waals surface area contributed by atoms with Crippen LogP contribution in [0.2, 0.25) is 0 Å². The zero-order chi connectivity index (χ0) is 19.4. The zero-order valence-electron chi connectivity index (χ0n) is 15.9. The lowest BCUT2D eigenvalue weighted by molar-refractivity contribution is 0.323. The lowest BCUT2D eigenvalue weighted by atomic mass is 9.86. The summed E-state index contributed by atoms with van der Waals surface area (Å²) >= 11 is 0. The molecule has 1 aliphatic rings. The van der Waals surface area contributed by atoms with Gasteiger partial charge in [0.1, 0.15) is 5.82 Å². The Morgan fingerprint density at radius 1 is 1.11 bits per heavy atom. The summed E-state index contributed by atoms with van der Waals surface area (Å²) in [4.78, 5) is 0. The molecule has 1 aliphatic carbocycles. The van der Waals surface area contributed by atoms with E-state index < -0.39 is 15.3 Å². The molecule has 0 aliphatic heterocycles. The van der Waals surface area contributed by atoms with E-state index in [2.05, 4.69) is 10.0 Å². The van der Waals surface area contributed by atoms with E-state index >= 15 is 0 Å². The summed E-state index contributed by atoms with van der Waals surface area (Å²) in [5.41, 5.74) is 1.55. The molecular weight excluding hydrogens is 365 g/mol. The van der Waals surface area contributed by atoms with Gasteiger partial charge in [-0.2, -0.15) is 0 Å². The Labute approximate surface area is 161 Å². The molecule has 1 saturated carbocycles. The predicted molar refractivity (Wildman–Crippen MR) is 107 cm³/mol. The summed E-state index contributed by atoms with van der Waals surface area (Å²) in [6, 6.07) is 8.80. The number of rotatable bonds is 7. The quantitative estimate of drug-likeness (QED) is 0.750. The molecular formula is C20H28FN3O2S. The average molecular weight is 394 g/mol. The molecule has 3 rings (SSSR count). The first-order valence-electron chi connectivity index (χ1n) is 9.52. The highest BCUT2D eigenvalue weighted by Gasteiger charge is 2.26. The van der Waals surface area contributed by atoms with Crippen molar-refractivity contribution in [1.29, 1.82) is 0 Å². The van der Waals surface area contributed by atoms with Crippen molar-refractivity contribution in [3.63, 3.8) is 0 Å². The van der Waals surface area contributed by atoms with Gasteiger partial charge in [0.05, 0.1) is 5.25 Å². The third-order valence-corrected chi connectivity index (χ3v) is 7.08. The van der Waals surface area contributed by atoms with Gasteiger partial charge in [0, 0.05) is 36.4 Å². The van der Waals surface area contributed by atoms with Crippen molar-refractivity contribution in [3.05, 3.63) is 48.5 Å². The summed E-state index contributed by atoms with van der Waals surface area (Å²) in [6.45, 7) is 4.15. The number of nitrogens with one attached hydrogen (secondary N) is 2. The number of halogens is 1. The molecule has 0 spiro atoms. The van der Waals surface area contributed by atoms with Gasteiger partial charge >= 0.3 is 0 Å². The molecule has 2 N–H and O–H groups in total. The number of anilines is 1. The van der Waals surface area contributed by atoms with E-state index in [1.807, 2.05) is 35.2 Å². The maximum atomic E-state index is 13.9. The maximum Gasteiger partial charge on any atom is 0.214 e. The number of sulfonamides is 1. The number of nitrogens with zero attached hydrogens (tertiary/aromatic N) is 1. The summed E-state index contributed by atoms with van der Waals surface area (Å²) in [5, 5.41) is 2.94. The molecule has 0 unspecified atom stereocenters. The van der Waals surface area contributed by atoms with Crippen molar-refractivity contribution in [3.8, 4) is 5.69 Å². The molecule has 0 atom stereocenters. The van der Waals surface area contributed by atoms with Gasteiger partial charge in [0.2, 0.25) is 10.0 Å². The van der Waals surface area contributed by atoms with Gasteiger partial charge in [0.25, 0.3) is 0 Å². The van der Waals surface area contributed by atoms with Crippen LogP contribution in [0.4, 0.5) is 10.1 Å². The van der Waals surface area contributed by atoms with Gasteiger partial charge < -0.3 is 9.88 Å². The fraction of sp³-hybridized carbons (Fsp3) is 0.500. The molecule has 1 fully saturated rings. The van der Waals surface area contributed by atoms with E-state index in [-0.39, 0.29) is 11.9 Å². The molecule has 0 radical (unpaired) electrons. The van der Waals surface area contributed by atoms with Crippen LogP contribution in [0.25, 0.3) is 5.69 Å². The van der Waals surface area contributed by atoms with Crippen LogP contribution in [0, 0.1) is 11.7 Å². The minimum atomic E-state index is -3.21. The van der Waals surface area contributed by atoms with Gasteiger partial charge in [-0.05, 0) is 75.8 Å². The fourth-order valence-electron chi connectivity index (χ4n) is 3.45. The van der Waals surface area contributed by atoms with Crippen LogP contribution >= 0.6 is 0 Å². The Bertz CT molecular complexity index is 842. The number of benzene rings is 1. The van der Waals surface area contributed by atoms with Crippen molar-refractivity contribution >= 4 is 15.7 Å². The Morgan fingerprint density at radius 3 is 2.41 bits per heavy atom. The normalized spacial score (nSPS) is 20.7. The van der Waals surface area contributed by atoms with Crippen molar-refractivity contribution in [2.75, 3.05) is 11.9 Å². The van der Waals surface area contributed by atoms with Crippen molar-refractivity contribution < 1.29 is 12.8 Å². The minimum absolute atomic E-state index is 0.0307. The van der Waals surface area contributed by atoms with Gasteiger partial charge in [-0.1, -0.05) is 0 Å². The SMILES string of the molecule is CC(C)S(=O)(=O)N[C@H]1CC[C@H](CNc2cc(F)cc(-n3cccc3)c2)CC1. The summed E-state index contributed by atoms with van der Waals surface area (Å²) < 4.78 is 42.6. The highest BCUT2D eigenvalue weighted by Crippen LogP contribution is 2.26. The van der Waals surface area contributed by atoms with E-state index in [1.165, 1.54) is 12.1 Å². The molecule has 1 aromatic carbocycles. The average Bonchev–Trinajstić information content (AvgIpc) is 3.15. The van der Waals surface area contributed by atoms with Crippen LogP contribution in [0.15, 0.2) is 42.7 Å². The van der Waals surface area contributed by atoms with E-state index in [4.69, 9.17) is 0 Å². The maximum absolute atomic E-state index is 13.9. The molecule has 1 heterocycles. The molecule has 0 bridgehead atoms. The molecule has 5 nitrogen and oxygen atoms in total. The molecule has 27 heavy (non-hydrogen) atoms. The largest absolute Gasteiger partial charge is 0.385 e. The van der Waals surface area contributed by atoms with E-state index in [9.17, 15) is 12.8 Å². The fourth-order valence-corrected chi connectivity index (χ4v) is 4.42. The second kappa shape index (κ2) is 8.44. The van der Waals surface area contributed by atoms with Crippen LogP contribution < -0.4 is 10.0 Å². The first-order valence-corrected chi connectivity index (χ1v) is 11.1. The standard InChI is InChI=1S/C20H28FN3O2S/c1-15(2)27(25,26)23-18-7-5-16(6-8-18)14-22-19-11-17(21)12-20(13-19)24-9-3-4-10-24/h3-4,9-13,15-16,18,22-23H,5-8,14H2,1-2H3/t16-,18-. The Balaban J connectivity index is 1.52. The van der Waals surface area contributed by atoms with Crippen LogP contribution in [-0.2, 0) is 10.0 Å². The van der Waals surface area contributed by atoms with Gasteiger partial charge in [-0.15, -0.1) is 0 Å². The van der Waals surface area contributed by atoms with Crippen LogP contribution in [-0.4, -0.2) is 30.8 Å². The molecule has 2 aromatic rings. The topological polar surface area (TPSA) is 63.1 Å². The first kappa shape index (κ1) is 19.9. The van der Waals surface area contributed by atoms with Gasteiger partial charge in [0.15, 0.2) is 0 Å². The van der Waals surface area contributed by atoms with Crippen molar-refractivity contribution in [2.24, 2.45) is 5.92 Å². The Hall–Kier alpha value is -1.86. The lowest BCUT2D eigenvalue weighted by Gasteiger charge is -2.29. The predicted octanol–water partition coefficient (Wildman–Crippen LogP) is 3.91. The molecule has 148 valence electrons. The molecule has 1 aromatic heterocycles. The first-order chi connectivity index (χ1) is 12.8. The van der Waals surface area contributed by atoms with Crippen LogP contribution in [0.3, 0.4) is 0 Å². The van der Waals surface area contributed by atoms with Crippen molar-refractivity contribution in [2.45, 2.75) is 50.8 Å².